The summed E-state index contributed by atoms with van der Waals surface area (Å²) in [6.07, 6.45) is 7.80. The van der Waals surface area contributed by atoms with Gasteiger partial charge in [0, 0.05) is 11.3 Å². The number of hydrogen-bond donors (Lipinski definition) is 1. The Morgan fingerprint density at radius 1 is 1.57 bits per heavy atom. The first-order chi connectivity index (χ1) is 6.70. The Morgan fingerprint density at radius 3 is 2.86 bits per heavy atom. The van der Waals surface area contributed by atoms with Gasteiger partial charge < -0.3 is 5.10 Å². The summed E-state index contributed by atoms with van der Waals surface area (Å²) in [5, 5.41) is 2.86. The van der Waals surface area contributed by atoms with Crippen molar-refractivity contribution in [3.05, 3.63) is 34.1 Å². The summed E-state index contributed by atoms with van der Waals surface area (Å²) in [4.78, 5) is 11.7. The second-order valence-corrected chi connectivity index (χ2v) is 3.42. The van der Waals surface area contributed by atoms with Crippen molar-refractivity contribution in [2.75, 3.05) is 0 Å². The molecule has 1 aromatic rings. The van der Waals surface area contributed by atoms with Gasteiger partial charge in [0.25, 0.3) is 5.56 Å². The largest absolute Gasteiger partial charge is 0.306 e. The molecule has 0 saturated heterocycles. The summed E-state index contributed by atoms with van der Waals surface area (Å²) < 4.78 is 1.52. The van der Waals surface area contributed by atoms with Crippen LogP contribution in [0, 0.1) is 6.92 Å². The number of nitrogens with zero attached hydrogens (tertiary/aromatic N) is 1. The first-order valence-electron chi connectivity index (χ1n) is 4.63. The van der Waals surface area contributed by atoms with E-state index in [-0.39, 0.29) is 5.56 Å². The maximum absolute atomic E-state index is 11.7. The Balaban J connectivity index is 2.51. The molecule has 2 rings (SSSR count). The smallest absolute Gasteiger partial charge is 0.273 e. The zero-order chi connectivity index (χ0) is 10.1. The van der Waals surface area contributed by atoms with Crippen molar-refractivity contribution in [2.24, 2.45) is 0 Å². The van der Waals surface area contributed by atoms with Crippen LogP contribution in [0.15, 0.2) is 23.0 Å². The molecule has 0 unspecified atom stereocenters. The summed E-state index contributed by atoms with van der Waals surface area (Å²) in [5.41, 5.74) is 1.95. The number of nitrogens with one attached hydrogen (secondary N) is 1. The van der Waals surface area contributed by atoms with E-state index >= 15 is 0 Å². The number of H-pyrrole nitrogens is 1. The lowest BCUT2D eigenvalue weighted by molar-refractivity contribution is 0.820. The molecule has 0 atom stereocenters. The van der Waals surface area contributed by atoms with E-state index in [1.54, 1.807) is 6.92 Å². The standard InChI is InChI=1S/C10H11BN2O/c1-7-9(11)12-13(10(7)14)8-5-3-2-4-6-8/h2-3,5,12H,4,6H2,1H3. The van der Waals surface area contributed by atoms with Crippen LogP contribution in [0.5, 0.6) is 0 Å². The molecule has 1 aromatic heterocycles. The molecule has 70 valence electrons. The predicted octanol–water partition coefficient (Wildman–Crippen LogP) is 0.470. The van der Waals surface area contributed by atoms with E-state index in [0.717, 1.165) is 18.5 Å². The zero-order valence-electron chi connectivity index (χ0n) is 8.08. The molecule has 0 amide bonds. The Labute approximate surface area is 83.5 Å². The highest BCUT2D eigenvalue weighted by Gasteiger charge is 2.09. The number of rotatable bonds is 1. The molecule has 14 heavy (non-hydrogen) atoms. The monoisotopic (exact) mass is 186 g/mol. The van der Waals surface area contributed by atoms with E-state index in [9.17, 15) is 4.79 Å². The molecule has 3 nitrogen and oxygen atoms in total. The van der Waals surface area contributed by atoms with Crippen molar-refractivity contribution in [3.63, 3.8) is 0 Å². The molecule has 1 heterocycles. The van der Waals surface area contributed by atoms with E-state index in [2.05, 4.69) is 11.2 Å². The van der Waals surface area contributed by atoms with Crippen LogP contribution in [0.4, 0.5) is 0 Å². The molecule has 0 spiro atoms. The average molecular weight is 186 g/mol. The van der Waals surface area contributed by atoms with Crippen LogP contribution in [0.2, 0.25) is 0 Å². The lowest BCUT2D eigenvalue weighted by Crippen LogP contribution is -2.17. The Hall–Kier alpha value is -1.45. The van der Waals surface area contributed by atoms with Crippen LogP contribution < -0.4 is 11.2 Å². The molecule has 1 aliphatic carbocycles. The topological polar surface area (TPSA) is 37.8 Å². The molecule has 1 aliphatic rings. The normalized spacial score (nSPS) is 15.6. The van der Waals surface area contributed by atoms with E-state index in [0.29, 0.717) is 11.2 Å². The van der Waals surface area contributed by atoms with E-state index in [1.165, 1.54) is 4.68 Å². The van der Waals surface area contributed by atoms with Gasteiger partial charge in [0.1, 0.15) is 7.85 Å². The third-order valence-corrected chi connectivity index (χ3v) is 2.44. The molecule has 0 aromatic carbocycles. The fraction of sp³-hybridized carbons (Fsp3) is 0.300. The summed E-state index contributed by atoms with van der Waals surface area (Å²) >= 11 is 0. The van der Waals surface area contributed by atoms with Gasteiger partial charge >= 0.3 is 0 Å². The highest BCUT2D eigenvalue weighted by atomic mass is 16.1. The highest BCUT2D eigenvalue weighted by Crippen LogP contribution is 2.13. The first kappa shape index (κ1) is 9.12. The maximum Gasteiger partial charge on any atom is 0.273 e. The van der Waals surface area contributed by atoms with Gasteiger partial charge in [0.2, 0.25) is 0 Å². The van der Waals surface area contributed by atoms with Crippen molar-refractivity contribution in [1.82, 2.24) is 9.78 Å². The molecular formula is C10H11BN2O. The molecule has 1 N–H and O–H groups in total. The first-order valence-corrected chi connectivity index (χ1v) is 4.63. The minimum atomic E-state index is -0.0518. The van der Waals surface area contributed by atoms with Crippen molar-refractivity contribution in [1.29, 1.82) is 0 Å². The third-order valence-electron chi connectivity index (χ3n) is 2.44. The average Bonchev–Trinajstić information content (AvgIpc) is 2.47. The Kier molecular flexibility index (Phi) is 2.19. The Bertz CT molecular complexity index is 465. The van der Waals surface area contributed by atoms with E-state index < -0.39 is 0 Å². The Morgan fingerprint density at radius 2 is 2.36 bits per heavy atom. The maximum atomic E-state index is 11.7. The van der Waals surface area contributed by atoms with Crippen molar-refractivity contribution < 1.29 is 0 Å². The molecule has 0 aliphatic heterocycles. The molecular weight excluding hydrogens is 175 g/mol. The number of allylic oxidation sites excluding steroid dienone is 4. The van der Waals surface area contributed by atoms with Crippen LogP contribution in [-0.4, -0.2) is 17.6 Å². The lowest BCUT2D eigenvalue weighted by atomic mass is 10.0. The van der Waals surface area contributed by atoms with E-state index in [4.69, 9.17) is 7.85 Å². The van der Waals surface area contributed by atoms with Crippen LogP contribution >= 0.6 is 0 Å². The van der Waals surface area contributed by atoms with Crippen LogP contribution in [0.3, 0.4) is 0 Å². The van der Waals surface area contributed by atoms with Crippen LogP contribution in [0.1, 0.15) is 18.4 Å². The van der Waals surface area contributed by atoms with Gasteiger partial charge in [0.05, 0.1) is 0 Å². The lowest BCUT2D eigenvalue weighted by Gasteiger charge is -2.08. The second-order valence-electron chi connectivity index (χ2n) is 3.42. The van der Waals surface area contributed by atoms with Gasteiger partial charge in [-0.1, -0.05) is 12.2 Å². The van der Waals surface area contributed by atoms with Gasteiger partial charge in [-0.25, -0.2) is 4.68 Å². The molecule has 2 radical (unpaired) electrons. The summed E-state index contributed by atoms with van der Waals surface area (Å²) in [6, 6.07) is 0. The number of aromatic nitrogens is 2. The number of aromatic amines is 1. The second kappa shape index (κ2) is 3.37. The van der Waals surface area contributed by atoms with Gasteiger partial charge in [-0.15, -0.1) is 0 Å². The summed E-state index contributed by atoms with van der Waals surface area (Å²) in [5.74, 6) is 0. The van der Waals surface area contributed by atoms with Crippen LogP contribution in [0.25, 0.3) is 5.70 Å². The third kappa shape index (κ3) is 1.37. The van der Waals surface area contributed by atoms with Gasteiger partial charge in [0.15, 0.2) is 0 Å². The minimum absolute atomic E-state index is 0.0518. The van der Waals surface area contributed by atoms with Crippen molar-refractivity contribution >= 4 is 19.1 Å². The number of hydrogen-bond acceptors (Lipinski definition) is 1. The molecule has 0 saturated carbocycles. The fourth-order valence-electron chi connectivity index (χ4n) is 1.52. The molecule has 0 bridgehead atoms. The quantitative estimate of drug-likeness (QED) is 0.636. The van der Waals surface area contributed by atoms with Gasteiger partial charge in [-0.05, 0) is 31.4 Å². The molecule has 0 fully saturated rings. The van der Waals surface area contributed by atoms with Crippen LogP contribution in [-0.2, 0) is 0 Å². The molecule has 4 heteroatoms. The predicted molar refractivity (Wildman–Crippen MR) is 57.8 cm³/mol. The summed E-state index contributed by atoms with van der Waals surface area (Å²) in [6.45, 7) is 1.73. The SMILES string of the molecule is [B]c1[nH]n(C2=CC=CCC2)c(=O)c1C. The van der Waals surface area contributed by atoms with Crippen molar-refractivity contribution in [3.8, 4) is 0 Å². The summed E-state index contributed by atoms with van der Waals surface area (Å²) in [7, 11) is 5.63. The van der Waals surface area contributed by atoms with Crippen molar-refractivity contribution in [2.45, 2.75) is 19.8 Å². The van der Waals surface area contributed by atoms with Gasteiger partial charge in [-0.2, -0.15) is 0 Å². The highest BCUT2D eigenvalue weighted by molar-refractivity contribution is 6.31. The zero-order valence-corrected chi connectivity index (χ0v) is 8.08. The van der Waals surface area contributed by atoms with Gasteiger partial charge in [-0.3, -0.25) is 4.79 Å². The van der Waals surface area contributed by atoms with E-state index in [1.807, 2.05) is 12.2 Å². The minimum Gasteiger partial charge on any atom is -0.306 e. The fourth-order valence-corrected chi connectivity index (χ4v) is 1.52.